The largest absolute Gasteiger partial charge is 0.492 e. The lowest BCUT2D eigenvalue weighted by molar-refractivity contribution is 0.102. The number of fused-ring (bicyclic) bond motifs is 2. The lowest BCUT2D eigenvalue weighted by Crippen LogP contribution is -2.45. The molecular formula is C32H38N8O2. The number of carbonyl (C=O) groups excluding carboxylic acids is 1. The van der Waals surface area contributed by atoms with Gasteiger partial charge in [0.25, 0.3) is 5.91 Å². The van der Waals surface area contributed by atoms with Gasteiger partial charge < -0.3 is 15.0 Å². The number of benzene rings is 1. The van der Waals surface area contributed by atoms with E-state index >= 15 is 0 Å². The molecule has 1 aromatic carbocycles. The van der Waals surface area contributed by atoms with E-state index in [1.54, 1.807) is 10.6 Å². The van der Waals surface area contributed by atoms with Crippen LogP contribution >= 0.6 is 0 Å². The van der Waals surface area contributed by atoms with E-state index in [1.165, 1.54) is 0 Å². The first-order chi connectivity index (χ1) is 20.5. The molecule has 10 heteroatoms. The fourth-order valence-corrected chi connectivity index (χ4v) is 5.58. The summed E-state index contributed by atoms with van der Waals surface area (Å²) in [5, 5.41) is 8.82. The van der Waals surface area contributed by atoms with Crippen molar-refractivity contribution in [3.05, 3.63) is 83.7 Å². The Kier molecular flexibility index (Phi) is 8.16. The van der Waals surface area contributed by atoms with Gasteiger partial charge in [-0.1, -0.05) is 25.5 Å². The highest BCUT2D eigenvalue weighted by atomic mass is 16.5. The number of aromatic nitrogens is 5. The summed E-state index contributed by atoms with van der Waals surface area (Å²) >= 11 is 0. The van der Waals surface area contributed by atoms with Crippen LogP contribution < -0.4 is 10.1 Å². The second-order valence-corrected chi connectivity index (χ2v) is 11.0. The number of nitrogens with one attached hydrogen (secondary N) is 1. The van der Waals surface area contributed by atoms with Crippen LogP contribution in [0, 0.1) is 6.92 Å². The van der Waals surface area contributed by atoms with Crippen molar-refractivity contribution in [3.8, 4) is 5.75 Å². The number of aryl methyl sites for hydroxylation is 2. The van der Waals surface area contributed by atoms with Gasteiger partial charge in [0.15, 0.2) is 0 Å². The number of hydrogen-bond donors (Lipinski definition) is 1. The number of piperazine rings is 1. The molecule has 0 spiro atoms. The van der Waals surface area contributed by atoms with Crippen molar-refractivity contribution in [2.45, 2.75) is 33.2 Å². The number of rotatable bonds is 10. The Morgan fingerprint density at radius 2 is 1.86 bits per heavy atom. The Bertz CT molecular complexity index is 1700. The van der Waals surface area contributed by atoms with Crippen LogP contribution in [0.4, 0.5) is 5.69 Å². The maximum atomic E-state index is 13.4. The summed E-state index contributed by atoms with van der Waals surface area (Å²) in [7, 11) is 2.16. The molecule has 1 fully saturated rings. The van der Waals surface area contributed by atoms with E-state index in [0.717, 1.165) is 79.3 Å². The van der Waals surface area contributed by atoms with Gasteiger partial charge in [0.2, 0.25) is 0 Å². The van der Waals surface area contributed by atoms with Crippen LogP contribution in [0.1, 0.15) is 40.9 Å². The van der Waals surface area contributed by atoms with Crippen LogP contribution in [-0.4, -0.2) is 86.2 Å². The lowest BCUT2D eigenvalue weighted by Gasteiger charge is -2.32. The zero-order valence-electron chi connectivity index (χ0n) is 24.6. The number of amides is 1. The number of carbonyl (C=O) groups is 1. The molecule has 1 saturated heterocycles. The Hall–Kier alpha value is -4.28. The molecule has 0 bridgehead atoms. The minimum Gasteiger partial charge on any atom is -0.492 e. The van der Waals surface area contributed by atoms with E-state index in [0.29, 0.717) is 30.2 Å². The van der Waals surface area contributed by atoms with Gasteiger partial charge in [-0.05, 0) is 50.7 Å². The number of hydrogen-bond acceptors (Lipinski definition) is 7. The summed E-state index contributed by atoms with van der Waals surface area (Å²) in [4.78, 5) is 27.5. The van der Waals surface area contributed by atoms with Crippen LogP contribution in [-0.2, 0) is 13.0 Å². The summed E-state index contributed by atoms with van der Waals surface area (Å²) in [6.07, 6.45) is 5.45. The molecule has 218 valence electrons. The molecule has 1 aliphatic heterocycles. The first-order valence-electron chi connectivity index (χ1n) is 14.7. The zero-order chi connectivity index (χ0) is 29.1. The number of ether oxygens (including phenoxy) is 1. The molecule has 1 N–H and O–H groups in total. The maximum absolute atomic E-state index is 13.4. The summed E-state index contributed by atoms with van der Waals surface area (Å²) in [5.41, 5.74) is 5.69. The van der Waals surface area contributed by atoms with Crippen molar-refractivity contribution in [2.24, 2.45) is 0 Å². The first kappa shape index (κ1) is 27.9. The van der Waals surface area contributed by atoms with Gasteiger partial charge in [-0.2, -0.15) is 5.10 Å². The summed E-state index contributed by atoms with van der Waals surface area (Å²) in [6, 6.07) is 15.8. The average molecular weight is 567 g/mol. The van der Waals surface area contributed by atoms with Gasteiger partial charge in [0.05, 0.1) is 35.3 Å². The highest BCUT2D eigenvalue weighted by Gasteiger charge is 2.18. The van der Waals surface area contributed by atoms with Crippen molar-refractivity contribution in [1.82, 2.24) is 33.9 Å². The van der Waals surface area contributed by atoms with Crippen LogP contribution in [0.2, 0.25) is 0 Å². The lowest BCUT2D eigenvalue weighted by atomic mass is 10.1. The molecule has 4 aromatic heterocycles. The fraction of sp³-hybridized carbons (Fsp3) is 0.375. The van der Waals surface area contributed by atoms with E-state index in [2.05, 4.69) is 46.2 Å². The molecule has 0 saturated carbocycles. The minimum absolute atomic E-state index is 0.236. The molecule has 42 heavy (non-hydrogen) atoms. The standard InChI is InChI=1S/C32H38N8O2/c1-4-7-24-8-5-9-25(34-24)22-40-28-11-6-10-27(31(28)23(2)36-40)35-32(41)29-21-33-30-20-26(12-13-39(29)30)42-19-18-38-16-14-37(3)15-17-38/h5-6,8-13,20-21H,4,7,14-19,22H2,1-3H3,(H,35,41). The number of pyridine rings is 2. The van der Waals surface area contributed by atoms with Gasteiger partial charge >= 0.3 is 0 Å². The van der Waals surface area contributed by atoms with Crippen LogP contribution in [0.3, 0.4) is 0 Å². The molecule has 1 aliphatic rings. The first-order valence-corrected chi connectivity index (χ1v) is 14.7. The number of nitrogens with zero attached hydrogens (tertiary/aromatic N) is 7. The SMILES string of the molecule is CCCc1cccc(Cn2nc(C)c3c(NC(=O)c4cnc5cc(OCCN6CCN(C)CC6)ccn45)cccc32)n1. The Balaban J connectivity index is 1.15. The molecule has 6 rings (SSSR count). The van der Waals surface area contributed by atoms with Crippen molar-refractivity contribution >= 4 is 28.1 Å². The number of likely N-dealkylation sites (N-methyl/N-ethyl adjacent to an activating group) is 1. The van der Waals surface area contributed by atoms with E-state index in [4.69, 9.17) is 14.8 Å². The highest BCUT2D eigenvalue weighted by Crippen LogP contribution is 2.28. The Labute approximate surface area is 245 Å². The normalized spacial score (nSPS) is 14.5. The quantitative estimate of drug-likeness (QED) is 0.270. The van der Waals surface area contributed by atoms with E-state index in [9.17, 15) is 4.79 Å². The van der Waals surface area contributed by atoms with Crippen molar-refractivity contribution in [1.29, 1.82) is 0 Å². The summed E-state index contributed by atoms with van der Waals surface area (Å²) < 4.78 is 9.75. The smallest absolute Gasteiger partial charge is 0.274 e. The van der Waals surface area contributed by atoms with Gasteiger partial charge in [0, 0.05) is 56.1 Å². The Morgan fingerprint density at radius 3 is 2.69 bits per heavy atom. The maximum Gasteiger partial charge on any atom is 0.274 e. The monoisotopic (exact) mass is 566 g/mol. The summed E-state index contributed by atoms with van der Waals surface area (Å²) in [6.45, 7) is 10.5. The van der Waals surface area contributed by atoms with Gasteiger partial charge in [-0.25, -0.2) is 4.98 Å². The predicted molar refractivity (Wildman–Crippen MR) is 164 cm³/mol. The number of imidazole rings is 1. The molecule has 1 amide bonds. The van der Waals surface area contributed by atoms with Gasteiger partial charge in [-0.15, -0.1) is 0 Å². The summed E-state index contributed by atoms with van der Waals surface area (Å²) in [5.74, 6) is 0.511. The van der Waals surface area contributed by atoms with E-state index in [-0.39, 0.29) is 5.91 Å². The molecule has 0 radical (unpaired) electrons. The fourth-order valence-electron chi connectivity index (χ4n) is 5.58. The molecular weight excluding hydrogens is 528 g/mol. The van der Waals surface area contributed by atoms with Crippen LogP contribution in [0.5, 0.6) is 5.75 Å². The van der Waals surface area contributed by atoms with Crippen molar-refractivity contribution in [2.75, 3.05) is 51.7 Å². The minimum atomic E-state index is -0.236. The molecule has 5 aromatic rings. The molecule has 10 nitrogen and oxygen atoms in total. The topological polar surface area (TPSA) is 92.8 Å². The average Bonchev–Trinajstić information content (AvgIpc) is 3.55. The van der Waals surface area contributed by atoms with Crippen LogP contribution in [0.25, 0.3) is 16.6 Å². The van der Waals surface area contributed by atoms with Gasteiger partial charge in [-0.3, -0.25) is 23.8 Å². The second-order valence-electron chi connectivity index (χ2n) is 11.0. The number of anilines is 1. The third kappa shape index (κ3) is 6.00. The molecule has 5 heterocycles. The Morgan fingerprint density at radius 1 is 1.05 bits per heavy atom. The highest BCUT2D eigenvalue weighted by molar-refractivity contribution is 6.08. The van der Waals surface area contributed by atoms with E-state index < -0.39 is 0 Å². The van der Waals surface area contributed by atoms with Gasteiger partial charge in [0.1, 0.15) is 23.7 Å². The van der Waals surface area contributed by atoms with Crippen LogP contribution in [0.15, 0.2) is 60.9 Å². The molecule has 0 unspecified atom stereocenters. The second kappa shape index (κ2) is 12.3. The third-order valence-electron chi connectivity index (χ3n) is 7.87. The van der Waals surface area contributed by atoms with Crippen molar-refractivity contribution in [3.63, 3.8) is 0 Å². The zero-order valence-corrected chi connectivity index (χ0v) is 24.6. The third-order valence-corrected chi connectivity index (χ3v) is 7.87. The predicted octanol–water partition coefficient (Wildman–Crippen LogP) is 4.27. The van der Waals surface area contributed by atoms with E-state index in [1.807, 2.05) is 54.2 Å². The molecule has 0 aliphatic carbocycles. The molecule has 0 atom stereocenters. The van der Waals surface area contributed by atoms with Crippen molar-refractivity contribution < 1.29 is 9.53 Å².